The fourth-order valence-corrected chi connectivity index (χ4v) is 1.16. The molecule has 0 saturated carbocycles. The molecule has 0 amide bonds. The SMILES string of the molecule is CCCCC(O)C/C(C)=C(\C)C=O. The number of carbonyl (C=O) groups is 1. The summed E-state index contributed by atoms with van der Waals surface area (Å²) in [6.07, 6.45) is 4.18. The van der Waals surface area contributed by atoms with Crippen molar-refractivity contribution in [1.29, 1.82) is 0 Å². The third kappa shape index (κ3) is 5.58. The van der Waals surface area contributed by atoms with E-state index in [0.717, 1.165) is 36.7 Å². The van der Waals surface area contributed by atoms with E-state index >= 15 is 0 Å². The van der Waals surface area contributed by atoms with E-state index in [1.807, 2.05) is 6.92 Å². The van der Waals surface area contributed by atoms with E-state index in [-0.39, 0.29) is 6.10 Å². The minimum absolute atomic E-state index is 0.283. The standard InChI is InChI=1S/C11H20O2/c1-4-5-6-11(13)7-9(2)10(3)8-12/h8,11,13H,4-7H2,1-3H3/b10-9+. The summed E-state index contributed by atoms with van der Waals surface area (Å²) < 4.78 is 0. The van der Waals surface area contributed by atoms with E-state index in [1.165, 1.54) is 0 Å². The maximum atomic E-state index is 10.4. The van der Waals surface area contributed by atoms with Crippen molar-refractivity contribution in [1.82, 2.24) is 0 Å². The average Bonchev–Trinajstić information content (AvgIpc) is 2.13. The quantitative estimate of drug-likeness (QED) is 0.508. The van der Waals surface area contributed by atoms with Crippen LogP contribution in [0.3, 0.4) is 0 Å². The molecule has 0 spiro atoms. The molecule has 0 rings (SSSR count). The van der Waals surface area contributed by atoms with Crippen LogP contribution in [0.15, 0.2) is 11.1 Å². The summed E-state index contributed by atoms with van der Waals surface area (Å²) in [6, 6.07) is 0. The topological polar surface area (TPSA) is 37.3 Å². The number of aliphatic hydroxyl groups excluding tert-OH is 1. The Balaban J connectivity index is 3.90. The highest BCUT2D eigenvalue weighted by molar-refractivity contribution is 5.73. The third-order valence-electron chi connectivity index (χ3n) is 2.28. The van der Waals surface area contributed by atoms with Crippen molar-refractivity contribution in [2.24, 2.45) is 0 Å². The summed E-state index contributed by atoms with van der Waals surface area (Å²) >= 11 is 0. The van der Waals surface area contributed by atoms with Crippen molar-refractivity contribution in [2.45, 2.75) is 52.6 Å². The van der Waals surface area contributed by atoms with Crippen molar-refractivity contribution >= 4 is 6.29 Å². The van der Waals surface area contributed by atoms with Crippen LogP contribution in [0.1, 0.15) is 46.5 Å². The predicted molar refractivity (Wildman–Crippen MR) is 54.6 cm³/mol. The maximum Gasteiger partial charge on any atom is 0.145 e. The lowest BCUT2D eigenvalue weighted by atomic mass is 10.0. The summed E-state index contributed by atoms with van der Waals surface area (Å²) in [5.41, 5.74) is 1.74. The molecule has 13 heavy (non-hydrogen) atoms. The molecule has 0 saturated heterocycles. The van der Waals surface area contributed by atoms with Gasteiger partial charge in [0.15, 0.2) is 0 Å². The molecule has 0 aliphatic carbocycles. The van der Waals surface area contributed by atoms with Crippen molar-refractivity contribution < 1.29 is 9.90 Å². The van der Waals surface area contributed by atoms with Gasteiger partial charge in [0, 0.05) is 0 Å². The number of rotatable bonds is 6. The van der Waals surface area contributed by atoms with Gasteiger partial charge in [0.1, 0.15) is 6.29 Å². The van der Waals surface area contributed by atoms with Crippen LogP contribution >= 0.6 is 0 Å². The van der Waals surface area contributed by atoms with Crippen LogP contribution < -0.4 is 0 Å². The van der Waals surface area contributed by atoms with E-state index < -0.39 is 0 Å². The molecule has 0 aliphatic heterocycles. The van der Waals surface area contributed by atoms with Crippen molar-refractivity contribution in [3.8, 4) is 0 Å². The molecule has 2 heteroatoms. The molecule has 0 aliphatic rings. The van der Waals surface area contributed by atoms with E-state index in [4.69, 9.17) is 0 Å². The van der Waals surface area contributed by atoms with E-state index in [9.17, 15) is 9.90 Å². The van der Waals surface area contributed by atoms with Crippen LogP contribution in [0.5, 0.6) is 0 Å². The van der Waals surface area contributed by atoms with E-state index in [0.29, 0.717) is 6.42 Å². The van der Waals surface area contributed by atoms with Gasteiger partial charge in [-0.05, 0) is 32.3 Å². The van der Waals surface area contributed by atoms with E-state index in [2.05, 4.69) is 6.92 Å². The molecule has 0 bridgehead atoms. The van der Waals surface area contributed by atoms with Gasteiger partial charge in [0.25, 0.3) is 0 Å². The predicted octanol–water partition coefficient (Wildman–Crippen LogP) is 2.46. The molecule has 1 unspecified atom stereocenters. The molecule has 76 valence electrons. The molecule has 0 aromatic carbocycles. The van der Waals surface area contributed by atoms with Crippen LogP contribution in [0, 0.1) is 0 Å². The molecular formula is C11H20O2. The Kier molecular flexibility index (Phi) is 6.51. The molecule has 0 aromatic rings. The first-order valence-corrected chi connectivity index (χ1v) is 4.91. The zero-order valence-corrected chi connectivity index (χ0v) is 8.84. The molecular weight excluding hydrogens is 164 g/mol. The Morgan fingerprint density at radius 3 is 2.54 bits per heavy atom. The second kappa shape index (κ2) is 6.84. The molecule has 0 radical (unpaired) electrons. The van der Waals surface area contributed by atoms with Gasteiger partial charge in [-0.25, -0.2) is 0 Å². The zero-order valence-electron chi connectivity index (χ0n) is 8.84. The number of carbonyl (C=O) groups excluding carboxylic acids is 1. The van der Waals surface area contributed by atoms with Gasteiger partial charge in [0.05, 0.1) is 6.10 Å². The van der Waals surface area contributed by atoms with Crippen LogP contribution in [-0.4, -0.2) is 17.5 Å². The number of unbranched alkanes of at least 4 members (excludes halogenated alkanes) is 1. The number of hydrogen-bond acceptors (Lipinski definition) is 2. The Morgan fingerprint density at radius 2 is 2.08 bits per heavy atom. The Hall–Kier alpha value is -0.630. The fraction of sp³-hybridized carbons (Fsp3) is 0.727. The highest BCUT2D eigenvalue weighted by Gasteiger charge is 2.05. The summed E-state index contributed by atoms with van der Waals surface area (Å²) in [5.74, 6) is 0. The fourth-order valence-electron chi connectivity index (χ4n) is 1.16. The highest BCUT2D eigenvalue weighted by Crippen LogP contribution is 2.13. The highest BCUT2D eigenvalue weighted by atomic mass is 16.3. The minimum atomic E-state index is -0.283. The lowest BCUT2D eigenvalue weighted by Crippen LogP contribution is -2.07. The molecule has 2 nitrogen and oxygen atoms in total. The second-order valence-electron chi connectivity index (χ2n) is 3.58. The second-order valence-corrected chi connectivity index (χ2v) is 3.58. The molecule has 0 aromatic heterocycles. The van der Waals surface area contributed by atoms with Gasteiger partial charge < -0.3 is 5.11 Å². The lowest BCUT2D eigenvalue weighted by molar-refractivity contribution is -0.104. The first-order valence-electron chi connectivity index (χ1n) is 4.91. The first-order chi connectivity index (χ1) is 6.11. The number of aldehydes is 1. The van der Waals surface area contributed by atoms with Crippen molar-refractivity contribution in [3.63, 3.8) is 0 Å². The van der Waals surface area contributed by atoms with Gasteiger partial charge in [-0.1, -0.05) is 25.3 Å². The van der Waals surface area contributed by atoms with Crippen LogP contribution in [-0.2, 0) is 4.79 Å². The maximum absolute atomic E-state index is 10.4. The van der Waals surface area contributed by atoms with Crippen molar-refractivity contribution in [2.75, 3.05) is 0 Å². The minimum Gasteiger partial charge on any atom is -0.393 e. The summed E-state index contributed by atoms with van der Waals surface area (Å²) in [4.78, 5) is 10.4. The van der Waals surface area contributed by atoms with Crippen LogP contribution in [0.2, 0.25) is 0 Å². The normalized spacial score (nSPS) is 15.1. The van der Waals surface area contributed by atoms with Crippen LogP contribution in [0.25, 0.3) is 0 Å². The number of aliphatic hydroxyl groups is 1. The van der Waals surface area contributed by atoms with E-state index in [1.54, 1.807) is 6.92 Å². The first kappa shape index (κ1) is 12.4. The lowest BCUT2D eigenvalue weighted by Gasteiger charge is -2.10. The van der Waals surface area contributed by atoms with Gasteiger partial charge in [-0.15, -0.1) is 0 Å². The molecule has 0 fully saturated rings. The number of hydrogen-bond donors (Lipinski definition) is 1. The Labute approximate surface area is 80.7 Å². The Bertz CT molecular complexity index is 183. The summed E-state index contributed by atoms with van der Waals surface area (Å²) in [6.45, 7) is 5.79. The number of allylic oxidation sites excluding steroid dienone is 1. The van der Waals surface area contributed by atoms with Gasteiger partial charge in [-0.2, -0.15) is 0 Å². The third-order valence-corrected chi connectivity index (χ3v) is 2.28. The smallest absolute Gasteiger partial charge is 0.145 e. The van der Waals surface area contributed by atoms with Gasteiger partial charge in [-0.3, -0.25) is 4.79 Å². The Morgan fingerprint density at radius 1 is 1.46 bits per heavy atom. The largest absolute Gasteiger partial charge is 0.393 e. The molecule has 1 atom stereocenters. The van der Waals surface area contributed by atoms with Gasteiger partial charge in [0.2, 0.25) is 0 Å². The average molecular weight is 184 g/mol. The van der Waals surface area contributed by atoms with Gasteiger partial charge >= 0.3 is 0 Å². The monoisotopic (exact) mass is 184 g/mol. The molecule has 1 N–H and O–H groups in total. The van der Waals surface area contributed by atoms with Crippen LogP contribution in [0.4, 0.5) is 0 Å². The summed E-state index contributed by atoms with van der Waals surface area (Å²) in [5, 5.41) is 9.55. The van der Waals surface area contributed by atoms with Crippen molar-refractivity contribution in [3.05, 3.63) is 11.1 Å². The summed E-state index contributed by atoms with van der Waals surface area (Å²) in [7, 11) is 0. The zero-order chi connectivity index (χ0) is 10.3. The molecule has 0 heterocycles.